The summed E-state index contributed by atoms with van der Waals surface area (Å²) in [6.07, 6.45) is 3.68. The summed E-state index contributed by atoms with van der Waals surface area (Å²) < 4.78 is 6.43. The summed E-state index contributed by atoms with van der Waals surface area (Å²) in [5.41, 5.74) is 7.50. The van der Waals surface area contributed by atoms with Crippen molar-refractivity contribution in [1.29, 1.82) is 0 Å². The molecule has 0 amide bonds. The Kier molecular flexibility index (Phi) is 3.79. The fraction of sp³-hybridized carbons (Fsp3) is 0.571. The van der Waals surface area contributed by atoms with Crippen molar-refractivity contribution >= 4 is 15.9 Å². The summed E-state index contributed by atoms with van der Waals surface area (Å²) in [5, 5.41) is 0. The van der Waals surface area contributed by atoms with Crippen LogP contribution in [-0.4, -0.2) is 13.7 Å². The smallest absolute Gasteiger partial charge is 0.119 e. The Morgan fingerprint density at radius 2 is 2.18 bits per heavy atom. The van der Waals surface area contributed by atoms with Crippen LogP contribution >= 0.6 is 15.9 Å². The van der Waals surface area contributed by atoms with Crippen molar-refractivity contribution in [3.8, 4) is 5.75 Å². The first-order chi connectivity index (χ1) is 8.09. The highest BCUT2D eigenvalue weighted by atomic mass is 79.9. The Hall–Kier alpha value is -0.540. The van der Waals surface area contributed by atoms with Gasteiger partial charge in [-0.2, -0.15) is 0 Å². The topological polar surface area (TPSA) is 35.2 Å². The van der Waals surface area contributed by atoms with E-state index in [1.807, 2.05) is 6.07 Å². The molecule has 2 rings (SSSR count). The van der Waals surface area contributed by atoms with Gasteiger partial charge in [0, 0.05) is 4.47 Å². The molecule has 1 aliphatic rings. The van der Waals surface area contributed by atoms with E-state index in [1.165, 1.54) is 18.4 Å². The van der Waals surface area contributed by atoms with Crippen molar-refractivity contribution < 1.29 is 4.74 Å². The highest BCUT2D eigenvalue weighted by Crippen LogP contribution is 2.47. The molecule has 1 aromatic rings. The minimum Gasteiger partial charge on any atom is -0.497 e. The van der Waals surface area contributed by atoms with E-state index in [0.29, 0.717) is 0 Å². The third-order valence-electron chi connectivity index (χ3n) is 3.88. The van der Waals surface area contributed by atoms with Crippen molar-refractivity contribution in [1.82, 2.24) is 0 Å². The standard InChI is InChI=1S/C14H20BrNO/c1-14(9-16,11-3-4-11)8-10-7-12(17-2)5-6-13(10)15/h5-7,11H,3-4,8-9,16H2,1-2H3. The predicted octanol–water partition coefficient (Wildman–Crippen LogP) is 3.38. The molecule has 2 nitrogen and oxygen atoms in total. The average Bonchev–Trinajstić information content (AvgIpc) is 3.16. The highest BCUT2D eigenvalue weighted by Gasteiger charge is 2.40. The first-order valence-corrected chi connectivity index (χ1v) is 6.91. The zero-order chi connectivity index (χ0) is 12.5. The minimum absolute atomic E-state index is 0.231. The van der Waals surface area contributed by atoms with Gasteiger partial charge in [0.25, 0.3) is 0 Å². The van der Waals surface area contributed by atoms with Crippen LogP contribution < -0.4 is 10.5 Å². The Balaban J connectivity index is 2.21. The summed E-state index contributed by atoms with van der Waals surface area (Å²) in [4.78, 5) is 0. The quantitative estimate of drug-likeness (QED) is 0.904. The lowest BCUT2D eigenvalue weighted by molar-refractivity contribution is 0.281. The fourth-order valence-electron chi connectivity index (χ4n) is 2.41. The molecule has 94 valence electrons. The molecule has 2 N–H and O–H groups in total. The zero-order valence-electron chi connectivity index (χ0n) is 10.5. The van der Waals surface area contributed by atoms with E-state index in [0.717, 1.165) is 29.1 Å². The molecular formula is C14H20BrNO. The third kappa shape index (κ3) is 2.83. The highest BCUT2D eigenvalue weighted by molar-refractivity contribution is 9.10. The van der Waals surface area contributed by atoms with Crippen molar-refractivity contribution in [3.05, 3.63) is 28.2 Å². The van der Waals surface area contributed by atoms with Gasteiger partial charge < -0.3 is 10.5 Å². The van der Waals surface area contributed by atoms with Gasteiger partial charge in [0.2, 0.25) is 0 Å². The van der Waals surface area contributed by atoms with Crippen LogP contribution in [0, 0.1) is 11.3 Å². The molecule has 0 bridgehead atoms. The lowest BCUT2D eigenvalue weighted by Gasteiger charge is -2.28. The summed E-state index contributed by atoms with van der Waals surface area (Å²) in [5.74, 6) is 1.71. The number of ether oxygens (including phenoxy) is 1. The molecule has 1 saturated carbocycles. The molecule has 1 unspecified atom stereocenters. The summed E-state index contributed by atoms with van der Waals surface area (Å²) in [7, 11) is 1.70. The van der Waals surface area contributed by atoms with Crippen LogP contribution in [0.25, 0.3) is 0 Å². The predicted molar refractivity (Wildman–Crippen MR) is 74.3 cm³/mol. The SMILES string of the molecule is COc1ccc(Br)c(CC(C)(CN)C2CC2)c1. The van der Waals surface area contributed by atoms with Crippen LogP contribution in [0.2, 0.25) is 0 Å². The van der Waals surface area contributed by atoms with Crippen molar-refractivity contribution in [2.24, 2.45) is 17.1 Å². The molecule has 3 heteroatoms. The lowest BCUT2D eigenvalue weighted by Crippen LogP contribution is -2.31. The second-order valence-corrected chi connectivity index (χ2v) is 6.12. The van der Waals surface area contributed by atoms with E-state index in [2.05, 4.69) is 35.0 Å². The second-order valence-electron chi connectivity index (χ2n) is 5.27. The Bertz CT molecular complexity index is 403. The van der Waals surface area contributed by atoms with Gasteiger partial charge in [-0.3, -0.25) is 0 Å². The maximum Gasteiger partial charge on any atom is 0.119 e. The van der Waals surface area contributed by atoms with Gasteiger partial charge in [-0.1, -0.05) is 22.9 Å². The molecule has 0 radical (unpaired) electrons. The third-order valence-corrected chi connectivity index (χ3v) is 4.65. The molecule has 0 spiro atoms. The molecule has 0 heterocycles. The van der Waals surface area contributed by atoms with E-state index >= 15 is 0 Å². The lowest BCUT2D eigenvalue weighted by atomic mass is 9.79. The monoisotopic (exact) mass is 297 g/mol. The minimum atomic E-state index is 0.231. The summed E-state index contributed by atoms with van der Waals surface area (Å²) in [6.45, 7) is 3.05. The van der Waals surface area contributed by atoms with Crippen LogP contribution in [-0.2, 0) is 6.42 Å². The van der Waals surface area contributed by atoms with E-state index in [4.69, 9.17) is 10.5 Å². The molecule has 0 aliphatic heterocycles. The Morgan fingerprint density at radius 1 is 1.47 bits per heavy atom. The maximum atomic E-state index is 5.97. The summed E-state index contributed by atoms with van der Waals surface area (Å²) in [6, 6.07) is 6.14. The van der Waals surface area contributed by atoms with Crippen LogP contribution in [0.1, 0.15) is 25.3 Å². The van der Waals surface area contributed by atoms with Crippen molar-refractivity contribution in [2.45, 2.75) is 26.2 Å². The van der Waals surface area contributed by atoms with Gasteiger partial charge in [0.05, 0.1) is 7.11 Å². The number of benzene rings is 1. The van der Waals surface area contributed by atoms with Gasteiger partial charge in [-0.25, -0.2) is 0 Å². The first-order valence-electron chi connectivity index (χ1n) is 6.11. The molecule has 17 heavy (non-hydrogen) atoms. The molecule has 1 fully saturated rings. The Labute approximate surface area is 112 Å². The van der Waals surface area contributed by atoms with Gasteiger partial charge >= 0.3 is 0 Å². The number of halogens is 1. The van der Waals surface area contributed by atoms with E-state index in [-0.39, 0.29) is 5.41 Å². The number of hydrogen-bond donors (Lipinski definition) is 1. The first kappa shape index (κ1) is 12.9. The number of hydrogen-bond acceptors (Lipinski definition) is 2. The zero-order valence-corrected chi connectivity index (χ0v) is 12.1. The second kappa shape index (κ2) is 4.99. The number of nitrogens with two attached hydrogens (primary N) is 1. The number of rotatable bonds is 5. The van der Waals surface area contributed by atoms with Crippen LogP contribution in [0.5, 0.6) is 5.75 Å². The van der Waals surface area contributed by atoms with E-state index in [1.54, 1.807) is 7.11 Å². The van der Waals surface area contributed by atoms with Crippen LogP contribution in [0.3, 0.4) is 0 Å². The summed E-state index contributed by atoms with van der Waals surface area (Å²) >= 11 is 3.61. The van der Waals surface area contributed by atoms with Gasteiger partial charge in [0.15, 0.2) is 0 Å². The molecule has 0 aromatic heterocycles. The normalized spacial score (nSPS) is 18.8. The van der Waals surface area contributed by atoms with Crippen LogP contribution in [0.4, 0.5) is 0 Å². The molecular weight excluding hydrogens is 278 g/mol. The van der Waals surface area contributed by atoms with Crippen LogP contribution in [0.15, 0.2) is 22.7 Å². The van der Waals surface area contributed by atoms with Crippen molar-refractivity contribution in [3.63, 3.8) is 0 Å². The Morgan fingerprint density at radius 3 is 2.71 bits per heavy atom. The van der Waals surface area contributed by atoms with Gasteiger partial charge in [-0.05, 0) is 60.9 Å². The molecule has 1 aromatic carbocycles. The van der Waals surface area contributed by atoms with Gasteiger partial charge in [-0.15, -0.1) is 0 Å². The largest absolute Gasteiger partial charge is 0.497 e. The average molecular weight is 298 g/mol. The maximum absolute atomic E-state index is 5.97. The van der Waals surface area contributed by atoms with E-state index < -0.39 is 0 Å². The van der Waals surface area contributed by atoms with Crippen molar-refractivity contribution in [2.75, 3.05) is 13.7 Å². The van der Waals surface area contributed by atoms with Gasteiger partial charge in [0.1, 0.15) is 5.75 Å². The molecule has 1 aliphatic carbocycles. The van der Waals surface area contributed by atoms with E-state index in [9.17, 15) is 0 Å². The molecule has 0 saturated heterocycles. The number of methoxy groups -OCH3 is 1. The molecule has 1 atom stereocenters. The fourth-order valence-corrected chi connectivity index (χ4v) is 2.80.